The first kappa shape index (κ1) is 20.6. The van der Waals surface area contributed by atoms with E-state index in [0.29, 0.717) is 0 Å². The number of likely N-dealkylation sites (N-methyl/N-ethyl adjacent to an activating group) is 1. The van der Waals surface area contributed by atoms with Crippen molar-refractivity contribution < 1.29 is 4.79 Å². The van der Waals surface area contributed by atoms with Gasteiger partial charge in [0.15, 0.2) is 0 Å². The summed E-state index contributed by atoms with van der Waals surface area (Å²) in [5, 5.41) is 3.10. The van der Waals surface area contributed by atoms with E-state index in [0.717, 1.165) is 30.3 Å². The third-order valence-corrected chi connectivity index (χ3v) is 5.81. The zero-order valence-electron chi connectivity index (χ0n) is 17.4. The summed E-state index contributed by atoms with van der Waals surface area (Å²) < 4.78 is 0. The van der Waals surface area contributed by atoms with Crippen molar-refractivity contribution >= 4 is 11.6 Å². The van der Waals surface area contributed by atoms with Crippen LogP contribution in [-0.4, -0.2) is 42.4 Å². The van der Waals surface area contributed by atoms with Crippen LogP contribution in [0.15, 0.2) is 54.6 Å². The summed E-state index contributed by atoms with van der Waals surface area (Å²) in [5.74, 6) is 0.862. The molecule has 2 aromatic carbocycles. The largest absolute Gasteiger partial charge is 0.324 e. The van der Waals surface area contributed by atoms with Gasteiger partial charge in [-0.2, -0.15) is 0 Å². The molecule has 1 heterocycles. The molecule has 1 aliphatic rings. The lowest BCUT2D eigenvalue weighted by Gasteiger charge is -2.30. The molecule has 1 unspecified atom stereocenters. The van der Waals surface area contributed by atoms with Gasteiger partial charge in [-0.25, -0.2) is 0 Å². The molecule has 1 fully saturated rings. The number of hydrogen-bond donors (Lipinski definition) is 1. The molecule has 3 rings (SSSR count). The number of nitrogens with one attached hydrogen (secondary N) is 1. The highest BCUT2D eigenvalue weighted by atomic mass is 16.2. The lowest BCUT2D eigenvalue weighted by atomic mass is 9.99. The molecular formula is C24H33N3O. The van der Waals surface area contributed by atoms with Gasteiger partial charge in [0, 0.05) is 12.2 Å². The summed E-state index contributed by atoms with van der Waals surface area (Å²) in [5.41, 5.74) is 3.17. The van der Waals surface area contributed by atoms with Gasteiger partial charge in [-0.1, -0.05) is 56.3 Å². The number of nitrogens with zero attached hydrogens (tertiary/aromatic N) is 2. The normalized spacial score (nSPS) is 16.9. The van der Waals surface area contributed by atoms with Crippen molar-refractivity contribution in [1.82, 2.24) is 9.80 Å². The maximum atomic E-state index is 13.0. The Morgan fingerprint density at radius 3 is 2.36 bits per heavy atom. The third-order valence-electron chi connectivity index (χ3n) is 5.81. The van der Waals surface area contributed by atoms with Crippen molar-refractivity contribution in [3.05, 3.63) is 65.7 Å². The maximum absolute atomic E-state index is 13.0. The molecule has 1 amide bonds. The molecule has 1 N–H and O–H groups in total. The summed E-state index contributed by atoms with van der Waals surface area (Å²) in [6, 6.07) is 18.0. The molecule has 0 saturated carbocycles. The van der Waals surface area contributed by atoms with Crippen molar-refractivity contribution in [1.29, 1.82) is 0 Å². The highest BCUT2D eigenvalue weighted by molar-refractivity contribution is 5.95. The Bertz CT molecular complexity index is 736. The quantitative estimate of drug-likeness (QED) is 0.767. The van der Waals surface area contributed by atoms with Gasteiger partial charge in [0.05, 0.1) is 0 Å². The van der Waals surface area contributed by atoms with E-state index < -0.39 is 0 Å². The topological polar surface area (TPSA) is 35.6 Å². The molecular weight excluding hydrogens is 346 g/mol. The second-order valence-corrected chi connectivity index (χ2v) is 8.03. The molecule has 0 spiro atoms. The van der Waals surface area contributed by atoms with Gasteiger partial charge in [0.2, 0.25) is 5.91 Å². The number of amides is 1. The number of rotatable bonds is 7. The molecule has 0 radical (unpaired) electrons. The molecule has 0 bridgehead atoms. The predicted molar refractivity (Wildman–Crippen MR) is 116 cm³/mol. The van der Waals surface area contributed by atoms with Crippen LogP contribution in [-0.2, 0) is 11.3 Å². The first-order valence-corrected chi connectivity index (χ1v) is 10.4. The van der Waals surface area contributed by atoms with Crippen LogP contribution >= 0.6 is 0 Å². The summed E-state index contributed by atoms with van der Waals surface area (Å²) >= 11 is 0. The standard InChI is InChI=1S/C24H33N3O/c1-4-26(3)23(21-8-6-5-7-9-21)24(28)25-22-12-10-20(11-13-22)18-27-16-14-19(2)15-17-27/h5-13,19,23H,4,14-18H2,1-3H3,(H,25,28). The van der Waals surface area contributed by atoms with Crippen molar-refractivity contribution in [3.63, 3.8) is 0 Å². The van der Waals surface area contributed by atoms with Gasteiger partial charge >= 0.3 is 0 Å². The summed E-state index contributed by atoms with van der Waals surface area (Å²) in [6.45, 7) is 8.57. The lowest BCUT2D eigenvalue weighted by molar-refractivity contribution is -0.121. The molecule has 0 aliphatic carbocycles. The molecule has 1 aliphatic heterocycles. The van der Waals surface area contributed by atoms with Crippen LogP contribution in [0.3, 0.4) is 0 Å². The Balaban J connectivity index is 1.62. The first-order chi connectivity index (χ1) is 13.6. The van der Waals surface area contributed by atoms with Gasteiger partial charge < -0.3 is 5.32 Å². The average molecular weight is 380 g/mol. The van der Waals surface area contributed by atoms with E-state index in [1.165, 1.54) is 31.5 Å². The molecule has 150 valence electrons. The first-order valence-electron chi connectivity index (χ1n) is 10.4. The van der Waals surface area contributed by atoms with E-state index >= 15 is 0 Å². The second kappa shape index (κ2) is 9.85. The number of anilines is 1. The average Bonchev–Trinajstić information content (AvgIpc) is 2.72. The fourth-order valence-electron chi connectivity index (χ4n) is 3.81. The molecule has 4 heteroatoms. The maximum Gasteiger partial charge on any atom is 0.246 e. The van der Waals surface area contributed by atoms with E-state index in [4.69, 9.17) is 0 Å². The summed E-state index contributed by atoms with van der Waals surface area (Å²) in [7, 11) is 1.99. The van der Waals surface area contributed by atoms with Crippen LogP contribution in [0.5, 0.6) is 0 Å². The van der Waals surface area contributed by atoms with E-state index in [1.807, 2.05) is 49.5 Å². The van der Waals surface area contributed by atoms with Crippen LogP contribution in [0.2, 0.25) is 0 Å². The molecule has 4 nitrogen and oxygen atoms in total. The van der Waals surface area contributed by atoms with Gasteiger partial charge in [-0.3, -0.25) is 14.6 Å². The molecule has 2 aromatic rings. The number of carbonyl (C=O) groups is 1. The van der Waals surface area contributed by atoms with Crippen LogP contribution in [0.4, 0.5) is 5.69 Å². The Kier molecular flexibility index (Phi) is 7.24. The highest BCUT2D eigenvalue weighted by Gasteiger charge is 2.24. The number of carbonyl (C=O) groups excluding carboxylic acids is 1. The van der Waals surface area contributed by atoms with Crippen molar-refractivity contribution in [2.45, 2.75) is 39.3 Å². The number of likely N-dealkylation sites (tertiary alicyclic amines) is 1. The SMILES string of the molecule is CCN(C)C(C(=O)Nc1ccc(CN2CCC(C)CC2)cc1)c1ccccc1. The highest BCUT2D eigenvalue weighted by Crippen LogP contribution is 2.22. The summed E-state index contributed by atoms with van der Waals surface area (Å²) in [4.78, 5) is 17.6. The Hall–Kier alpha value is -2.17. The molecule has 0 aromatic heterocycles. The van der Waals surface area contributed by atoms with Crippen molar-refractivity contribution in [3.8, 4) is 0 Å². The predicted octanol–water partition coefficient (Wildman–Crippen LogP) is 4.55. The monoisotopic (exact) mass is 379 g/mol. The summed E-state index contributed by atoms with van der Waals surface area (Å²) in [6.07, 6.45) is 2.58. The van der Waals surface area contributed by atoms with E-state index in [-0.39, 0.29) is 11.9 Å². The van der Waals surface area contributed by atoms with Gasteiger partial charge in [0.1, 0.15) is 6.04 Å². The Labute approximate surface area is 169 Å². The van der Waals surface area contributed by atoms with E-state index in [2.05, 4.69) is 41.1 Å². The van der Waals surface area contributed by atoms with E-state index in [1.54, 1.807) is 0 Å². The Morgan fingerprint density at radius 1 is 1.11 bits per heavy atom. The fourth-order valence-corrected chi connectivity index (χ4v) is 3.81. The minimum absolute atomic E-state index is 0.00770. The fraction of sp³-hybridized carbons (Fsp3) is 0.458. The van der Waals surface area contributed by atoms with E-state index in [9.17, 15) is 4.79 Å². The lowest BCUT2D eigenvalue weighted by Crippen LogP contribution is -2.34. The van der Waals surface area contributed by atoms with Crippen molar-refractivity contribution in [2.75, 3.05) is 32.0 Å². The molecule has 28 heavy (non-hydrogen) atoms. The van der Waals surface area contributed by atoms with Gasteiger partial charge in [0.25, 0.3) is 0 Å². The zero-order chi connectivity index (χ0) is 19.9. The Morgan fingerprint density at radius 2 is 1.75 bits per heavy atom. The van der Waals surface area contributed by atoms with Crippen LogP contribution in [0.25, 0.3) is 0 Å². The third kappa shape index (κ3) is 5.43. The van der Waals surface area contributed by atoms with Crippen molar-refractivity contribution in [2.24, 2.45) is 5.92 Å². The van der Waals surface area contributed by atoms with Crippen LogP contribution < -0.4 is 5.32 Å². The van der Waals surface area contributed by atoms with Crippen LogP contribution in [0, 0.1) is 5.92 Å². The van der Waals surface area contributed by atoms with Gasteiger partial charge in [-0.05, 0) is 68.7 Å². The number of piperidine rings is 1. The minimum Gasteiger partial charge on any atom is -0.324 e. The second-order valence-electron chi connectivity index (χ2n) is 8.03. The molecule has 1 saturated heterocycles. The van der Waals surface area contributed by atoms with Crippen LogP contribution in [0.1, 0.15) is 43.9 Å². The molecule has 1 atom stereocenters. The number of benzene rings is 2. The smallest absolute Gasteiger partial charge is 0.246 e. The minimum atomic E-state index is -0.291. The zero-order valence-corrected chi connectivity index (χ0v) is 17.4. The van der Waals surface area contributed by atoms with Gasteiger partial charge in [-0.15, -0.1) is 0 Å². The number of hydrogen-bond acceptors (Lipinski definition) is 3.